The Labute approximate surface area is 101 Å². The second kappa shape index (κ2) is 5.69. The summed E-state index contributed by atoms with van der Waals surface area (Å²) in [4.78, 5) is 24.3. The van der Waals surface area contributed by atoms with Crippen molar-refractivity contribution in [3.05, 3.63) is 0 Å². The highest BCUT2D eigenvalue weighted by Gasteiger charge is 2.42. The summed E-state index contributed by atoms with van der Waals surface area (Å²) in [5, 5.41) is 11.9. The Kier molecular flexibility index (Phi) is 4.53. The molecule has 0 spiro atoms. The Morgan fingerprint density at radius 3 is 2.71 bits per heavy atom. The predicted molar refractivity (Wildman–Crippen MR) is 63.3 cm³/mol. The van der Waals surface area contributed by atoms with E-state index in [4.69, 9.17) is 11.5 Å². The standard InChI is InChI=1S/C12H18N2O3/c1-3-7-14(8-10(15)16)11(17)12(4-2)5-6-13-9-12/h1,13H,4-9H2,2H3,(H,15,16). The molecule has 94 valence electrons. The Morgan fingerprint density at radius 2 is 2.29 bits per heavy atom. The van der Waals surface area contributed by atoms with Crippen molar-refractivity contribution in [3.63, 3.8) is 0 Å². The second-order valence-corrected chi connectivity index (χ2v) is 4.32. The Hall–Kier alpha value is -1.54. The maximum Gasteiger partial charge on any atom is 0.323 e. The summed E-state index contributed by atoms with van der Waals surface area (Å²) < 4.78 is 0. The number of nitrogens with zero attached hydrogens (tertiary/aromatic N) is 1. The predicted octanol–water partition coefficient (Wildman–Crippen LogP) is -0.0775. The third kappa shape index (κ3) is 2.98. The van der Waals surface area contributed by atoms with Crippen LogP contribution in [0.25, 0.3) is 0 Å². The van der Waals surface area contributed by atoms with Crippen LogP contribution in [-0.2, 0) is 9.59 Å². The number of carbonyl (C=O) groups excluding carboxylic acids is 1. The molecule has 0 aromatic rings. The van der Waals surface area contributed by atoms with Gasteiger partial charge < -0.3 is 15.3 Å². The van der Waals surface area contributed by atoms with Crippen molar-refractivity contribution in [2.24, 2.45) is 5.41 Å². The van der Waals surface area contributed by atoms with Gasteiger partial charge in [-0.2, -0.15) is 0 Å². The maximum absolute atomic E-state index is 12.4. The number of carbonyl (C=O) groups is 2. The lowest BCUT2D eigenvalue weighted by Gasteiger charge is -2.31. The highest BCUT2D eigenvalue weighted by atomic mass is 16.4. The number of carboxylic acid groups (broad SMARTS) is 1. The lowest BCUT2D eigenvalue weighted by Crippen LogP contribution is -2.47. The fraction of sp³-hybridized carbons (Fsp3) is 0.667. The molecule has 0 aromatic heterocycles. The van der Waals surface area contributed by atoms with Gasteiger partial charge in [0.15, 0.2) is 0 Å². The first kappa shape index (κ1) is 13.5. The SMILES string of the molecule is C#CCN(CC(=O)O)C(=O)C1(CC)CCNC1. The lowest BCUT2D eigenvalue weighted by atomic mass is 9.82. The van der Waals surface area contributed by atoms with Crippen LogP contribution >= 0.6 is 0 Å². The molecule has 5 heteroatoms. The zero-order chi connectivity index (χ0) is 12.9. The van der Waals surface area contributed by atoms with E-state index in [1.54, 1.807) is 0 Å². The molecule has 1 aliphatic heterocycles. The largest absolute Gasteiger partial charge is 0.480 e. The molecule has 17 heavy (non-hydrogen) atoms. The highest BCUT2D eigenvalue weighted by molar-refractivity contribution is 5.86. The monoisotopic (exact) mass is 238 g/mol. The van der Waals surface area contributed by atoms with Crippen LogP contribution in [-0.4, -0.2) is 48.1 Å². The van der Waals surface area contributed by atoms with Gasteiger partial charge in [-0.3, -0.25) is 9.59 Å². The molecule has 0 aromatic carbocycles. The van der Waals surface area contributed by atoms with Gasteiger partial charge in [0.2, 0.25) is 5.91 Å². The van der Waals surface area contributed by atoms with E-state index in [0.717, 1.165) is 13.0 Å². The van der Waals surface area contributed by atoms with E-state index in [2.05, 4.69) is 11.2 Å². The Bertz CT molecular complexity index is 340. The molecule has 0 aliphatic carbocycles. The molecular formula is C12H18N2O3. The third-order valence-corrected chi connectivity index (χ3v) is 3.27. The topological polar surface area (TPSA) is 69.6 Å². The summed E-state index contributed by atoms with van der Waals surface area (Å²) >= 11 is 0. The molecule has 0 bridgehead atoms. The van der Waals surface area contributed by atoms with Gasteiger partial charge in [0, 0.05) is 6.54 Å². The molecule has 1 rings (SSSR count). The first-order valence-corrected chi connectivity index (χ1v) is 5.71. The zero-order valence-corrected chi connectivity index (χ0v) is 10.0. The number of hydrogen-bond acceptors (Lipinski definition) is 3. The number of nitrogens with one attached hydrogen (secondary N) is 1. The van der Waals surface area contributed by atoms with Crippen LogP contribution in [0, 0.1) is 17.8 Å². The van der Waals surface area contributed by atoms with Crippen LogP contribution in [0.15, 0.2) is 0 Å². The van der Waals surface area contributed by atoms with Crippen molar-refractivity contribution in [3.8, 4) is 12.3 Å². The quantitative estimate of drug-likeness (QED) is 0.657. The summed E-state index contributed by atoms with van der Waals surface area (Å²) in [6.07, 6.45) is 6.61. The van der Waals surface area contributed by atoms with Crippen molar-refractivity contribution < 1.29 is 14.7 Å². The maximum atomic E-state index is 12.4. The van der Waals surface area contributed by atoms with Crippen LogP contribution in [0.2, 0.25) is 0 Å². The van der Waals surface area contributed by atoms with Crippen molar-refractivity contribution in [2.75, 3.05) is 26.2 Å². The number of hydrogen-bond donors (Lipinski definition) is 2. The van der Waals surface area contributed by atoms with Gasteiger partial charge in [-0.15, -0.1) is 6.42 Å². The van der Waals surface area contributed by atoms with Gasteiger partial charge in [-0.1, -0.05) is 12.8 Å². The normalized spacial score (nSPS) is 23.1. The van der Waals surface area contributed by atoms with Gasteiger partial charge in [-0.25, -0.2) is 0 Å². The molecule has 1 unspecified atom stereocenters. The molecule has 1 aliphatic rings. The van der Waals surface area contributed by atoms with Crippen LogP contribution in [0.5, 0.6) is 0 Å². The van der Waals surface area contributed by atoms with Gasteiger partial charge in [0.25, 0.3) is 0 Å². The van der Waals surface area contributed by atoms with Crippen LogP contribution < -0.4 is 5.32 Å². The lowest BCUT2D eigenvalue weighted by molar-refractivity contribution is -0.148. The van der Waals surface area contributed by atoms with Crippen molar-refractivity contribution in [1.29, 1.82) is 0 Å². The molecule has 5 nitrogen and oxygen atoms in total. The first-order chi connectivity index (χ1) is 8.05. The summed E-state index contributed by atoms with van der Waals surface area (Å²) in [6.45, 7) is 3.05. The van der Waals surface area contributed by atoms with E-state index in [9.17, 15) is 9.59 Å². The van der Waals surface area contributed by atoms with Crippen LogP contribution in [0.4, 0.5) is 0 Å². The average Bonchev–Trinajstić information content (AvgIpc) is 2.76. The van der Waals surface area contributed by atoms with Crippen LogP contribution in [0.1, 0.15) is 19.8 Å². The molecule has 2 N–H and O–H groups in total. The summed E-state index contributed by atoms with van der Waals surface area (Å²) in [5.41, 5.74) is -0.480. The van der Waals surface area contributed by atoms with E-state index in [0.29, 0.717) is 13.0 Å². The smallest absolute Gasteiger partial charge is 0.323 e. The van der Waals surface area contributed by atoms with Crippen molar-refractivity contribution in [1.82, 2.24) is 10.2 Å². The molecule has 1 fully saturated rings. The number of carboxylic acids is 1. The fourth-order valence-electron chi connectivity index (χ4n) is 2.19. The first-order valence-electron chi connectivity index (χ1n) is 5.71. The van der Waals surface area contributed by atoms with Crippen LogP contribution in [0.3, 0.4) is 0 Å². The van der Waals surface area contributed by atoms with Gasteiger partial charge in [-0.05, 0) is 19.4 Å². The van der Waals surface area contributed by atoms with Gasteiger partial charge in [0.05, 0.1) is 12.0 Å². The second-order valence-electron chi connectivity index (χ2n) is 4.32. The summed E-state index contributed by atoms with van der Waals surface area (Å²) in [5.74, 6) is 1.16. The third-order valence-electron chi connectivity index (χ3n) is 3.27. The number of aliphatic carboxylic acids is 1. The molecule has 0 radical (unpaired) electrons. The Morgan fingerprint density at radius 1 is 1.59 bits per heavy atom. The minimum absolute atomic E-state index is 0.0485. The molecule has 0 saturated carbocycles. The van der Waals surface area contributed by atoms with E-state index in [1.807, 2.05) is 6.92 Å². The fourth-order valence-corrected chi connectivity index (χ4v) is 2.19. The summed E-state index contributed by atoms with van der Waals surface area (Å²) in [6, 6.07) is 0. The highest BCUT2D eigenvalue weighted by Crippen LogP contribution is 2.31. The number of amides is 1. The molecule has 1 atom stereocenters. The minimum atomic E-state index is -1.04. The van der Waals surface area contributed by atoms with Crippen molar-refractivity contribution >= 4 is 11.9 Å². The van der Waals surface area contributed by atoms with E-state index in [1.165, 1.54) is 4.90 Å². The number of terminal acetylenes is 1. The van der Waals surface area contributed by atoms with E-state index < -0.39 is 11.4 Å². The molecule has 1 heterocycles. The zero-order valence-electron chi connectivity index (χ0n) is 10.0. The van der Waals surface area contributed by atoms with Crippen molar-refractivity contribution in [2.45, 2.75) is 19.8 Å². The minimum Gasteiger partial charge on any atom is -0.480 e. The summed E-state index contributed by atoms with van der Waals surface area (Å²) in [7, 11) is 0. The molecule has 1 amide bonds. The molecule has 1 saturated heterocycles. The van der Waals surface area contributed by atoms with E-state index >= 15 is 0 Å². The number of rotatable bonds is 5. The van der Waals surface area contributed by atoms with E-state index in [-0.39, 0.29) is 19.0 Å². The van der Waals surface area contributed by atoms with Gasteiger partial charge in [0.1, 0.15) is 6.54 Å². The molecular weight excluding hydrogens is 220 g/mol. The Balaban J connectivity index is 2.82. The van der Waals surface area contributed by atoms with Gasteiger partial charge >= 0.3 is 5.97 Å². The average molecular weight is 238 g/mol.